The van der Waals surface area contributed by atoms with E-state index >= 15 is 0 Å². The van der Waals surface area contributed by atoms with E-state index in [0.29, 0.717) is 41.6 Å². The van der Waals surface area contributed by atoms with Crippen LogP contribution in [0.1, 0.15) is 12.8 Å². The van der Waals surface area contributed by atoms with Crippen molar-refractivity contribution in [1.29, 1.82) is 0 Å². The number of hydrogen-bond donors (Lipinski definition) is 1. The topological polar surface area (TPSA) is 110 Å². The first-order valence-electron chi connectivity index (χ1n) is 12.5. The Bertz CT molecular complexity index is 1440. The van der Waals surface area contributed by atoms with Gasteiger partial charge in [0.05, 0.1) is 30.0 Å². The number of piperazine rings is 1. The van der Waals surface area contributed by atoms with Crippen LogP contribution in [0, 0.1) is 0 Å². The molecule has 0 radical (unpaired) electrons. The van der Waals surface area contributed by atoms with Crippen LogP contribution in [0.3, 0.4) is 0 Å². The van der Waals surface area contributed by atoms with E-state index in [2.05, 4.69) is 41.5 Å². The van der Waals surface area contributed by atoms with Crippen LogP contribution in [-0.2, 0) is 9.53 Å². The summed E-state index contributed by atoms with van der Waals surface area (Å²) in [6.45, 7) is 5.57. The summed E-state index contributed by atoms with van der Waals surface area (Å²) in [6, 6.07) is 10.4. The molecule has 3 aromatic heterocycles. The molecule has 37 heavy (non-hydrogen) atoms. The third kappa shape index (κ3) is 5.14. The quantitative estimate of drug-likeness (QED) is 0.359. The third-order valence-electron chi connectivity index (χ3n) is 6.76. The predicted molar refractivity (Wildman–Crippen MR) is 139 cm³/mol. The first-order chi connectivity index (χ1) is 18.2. The van der Waals surface area contributed by atoms with Crippen LogP contribution in [0.5, 0.6) is 5.88 Å². The van der Waals surface area contributed by atoms with E-state index in [9.17, 15) is 4.79 Å². The minimum absolute atomic E-state index is 0.0129. The lowest BCUT2D eigenvalue weighted by Gasteiger charge is -2.34. The highest BCUT2D eigenvalue weighted by atomic mass is 32.2. The molecule has 1 saturated carbocycles. The fourth-order valence-electron chi connectivity index (χ4n) is 4.55. The van der Waals surface area contributed by atoms with Gasteiger partial charge in [-0.2, -0.15) is 4.52 Å². The van der Waals surface area contributed by atoms with E-state index in [1.54, 1.807) is 10.6 Å². The Morgan fingerprint density at radius 1 is 1.14 bits per heavy atom. The molecule has 13 heteroatoms. The fourth-order valence-corrected chi connectivity index (χ4v) is 6.37. The molecule has 2 saturated heterocycles. The van der Waals surface area contributed by atoms with E-state index in [0.717, 1.165) is 47.3 Å². The van der Waals surface area contributed by atoms with E-state index in [-0.39, 0.29) is 12.0 Å². The van der Waals surface area contributed by atoms with Crippen molar-refractivity contribution >= 4 is 50.0 Å². The highest BCUT2D eigenvalue weighted by molar-refractivity contribution is 7.99. The van der Waals surface area contributed by atoms with Crippen molar-refractivity contribution in [2.45, 2.75) is 35.0 Å². The van der Waals surface area contributed by atoms with Crippen molar-refractivity contribution in [3.63, 3.8) is 0 Å². The monoisotopic (exact) mass is 538 g/mol. The van der Waals surface area contributed by atoms with Gasteiger partial charge in [-0.25, -0.2) is 4.98 Å². The number of rotatable bonds is 8. The molecule has 7 rings (SSSR count). The number of hydrogen-bond acceptors (Lipinski definition) is 11. The lowest BCUT2D eigenvalue weighted by atomic mass is 10.3. The number of ether oxygens (including phenoxy) is 2. The Morgan fingerprint density at radius 2 is 2.00 bits per heavy atom. The molecule has 1 aromatic carbocycles. The van der Waals surface area contributed by atoms with Gasteiger partial charge in [0.2, 0.25) is 16.9 Å². The summed E-state index contributed by atoms with van der Waals surface area (Å²) in [5, 5.41) is 17.3. The Hall–Kier alpha value is -2.84. The summed E-state index contributed by atoms with van der Waals surface area (Å²) in [7, 11) is 0. The van der Waals surface area contributed by atoms with Crippen LogP contribution in [-0.4, -0.2) is 98.6 Å². The maximum absolute atomic E-state index is 12.7. The molecule has 0 bridgehead atoms. The number of fused-ring (bicyclic) bond motifs is 2. The van der Waals surface area contributed by atoms with Crippen LogP contribution in [0.4, 0.5) is 5.13 Å². The van der Waals surface area contributed by atoms with Gasteiger partial charge in [0.15, 0.2) is 10.8 Å². The van der Waals surface area contributed by atoms with Crippen molar-refractivity contribution in [3.8, 4) is 5.88 Å². The minimum Gasteiger partial charge on any atom is -0.468 e. The number of thiazole rings is 1. The number of carbonyl (C=O) groups is 1. The summed E-state index contributed by atoms with van der Waals surface area (Å²) in [5.41, 5.74) is 1.50. The van der Waals surface area contributed by atoms with Gasteiger partial charge in [0.1, 0.15) is 6.10 Å². The van der Waals surface area contributed by atoms with Gasteiger partial charge in [-0.1, -0.05) is 11.3 Å². The molecule has 0 spiro atoms. The van der Waals surface area contributed by atoms with E-state index in [4.69, 9.17) is 9.47 Å². The largest absolute Gasteiger partial charge is 0.468 e. The summed E-state index contributed by atoms with van der Waals surface area (Å²) in [5.74, 6) is 0.506. The molecular formula is C24H26N8O3S2. The summed E-state index contributed by atoms with van der Waals surface area (Å²) in [6.07, 6.45) is 2.70. The second-order valence-electron chi connectivity index (χ2n) is 9.54. The van der Waals surface area contributed by atoms with Gasteiger partial charge in [-0.15, -0.1) is 15.3 Å². The molecule has 2 aliphatic heterocycles. The standard InChI is InChI=1S/C24H26N8O3S2/c33-21(12-30-7-9-31(10-8-30)15-1-2-15)26-23-25-18-4-3-17(11-19(18)37-23)36-24-28-27-20-5-6-22(29-32(20)24)35-16-13-34-14-16/h3-6,11,15-16H,1-2,7-10,12-14H2,(H,25,26,33). The van der Waals surface area contributed by atoms with Gasteiger partial charge in [-0.3, -0.25) is 14.6 Å². The van der Waals surface area contributed by atoms with Gasteiger partial charge >= 0.3 is 0 Å². The highest BCUT2D eigenvalue weighted by Crippen LogP contribution is 2.33. The van der Waals surface area contributed by atoms with Crippen molar-refractivity contribution in [3.05, 3.63) is 30.3 Å². The number of anilines is 1. The number of nitrogens with one attached hydrogen (secondary N) is 1. The molecule has 1 N–H and O–H groups in total. The van der Waals surface area contributed by atoms with Crippen molar-refractivity contribution < 1.29 is 14.3 Å². The molecule has 1 amide bonds. The number of carbonyl (C=O) groups excluding carboxylic acids is 1. The molecule has 4 aromatic rings. The van der Waals surface area contributed by atoms with Crippen molar-refractivity contribution in [2.24, 2.45) is 0 Å². The smallest absolute Gasteiger partial charge is 0.240 e. The maximum Gasteiger partial charge on any atom is 0.240 e. The van der Waals surface area contributed by atoms with Crippen LogP contribution in [0.2, 0.25) is 0 Å². The van der Waals surface area contributed by atoms with Gasteiger partial charge in [0.25, 0.3) is 0 Å². The summed E-state index contributed by atoms with van der Waals surface area (Å²) >= 11 is 2.94. The first-order valence-corrected chi connectivity index (χ1v) is 14.1. The van der Waals surface area contributed by atoms with E-state index in [1.165, 1.54) is 35.9 Å². The van der Waals surface area contributed by atoms with E-state index in [1.807, 2.05) is 18.2 Å². The molecule has 0 atom stereocenters. The zero-order valence-corrected chi connectivity index (χ0v) is 21.7. The van der Waals surface area contributed by atoms with Crippen LogP contribution < -0.4 is 10.1 Å². The first kappa shape index (κ1) is 23.3. The molecule has 3 fully saturated rings. The average Bonchev–Trinajstić information content (AvgIpc) is 3.54. The Labute approximate surface area is 221 Å². The predicted octanol–water partition coefficient (Wildman–Crippen LogP) is 2.38. The molecule has 11 nitrogen and oxygen atoms in total. The zero-order chi connectivity index (χ0) is 24.8. The highest BCUT2D eigenvalue weighted by Gasteiger charge is 2.31. The molecule has 0 unspecified atom stereocenters. The minimum atomic E-state index is -0.0129. The summed E-state index contributed by atoms with van der Waals surface area (Å²) in [4.78, 5) is 23.0. The molecule has 5 heterocycles. The second-order valence-corrected chi connectivity index (χ2v) is 11.6. The second kappa shape index (κ2) is 9.80. The van der Waals surface area contributed by atoms with Crippen LogP contribution in [0.25, 0.3) is 15.9 Å². The number of aromatic nitrogens is 5. The fraction of sp³-hybridized carbons (Fsp3) is 0.458. The number of amides is 1. The van der Waals surface area contributed by atoms with Gasteiger partial charge in [0, 0.05) is 43.2 Å². The lowest BCUT2D eigenvalue weighted by molar-refractivity contribution is -0.117. The average molecular weight is 539 g/mol. The lowest BCUT2D eigenvalue weighted by Crippen LogP contribution is -2.49. The number of benzene rings is 1. The maximum atomic E-state index is 12.7. The SMILES string of the molecule is O=C(CN1CCN(C2CC2)CC1)Nc1nc2ccc(Sc3nnc4ccc(OC5COC5)nn34)cc2s1. The molecular weight excluding hydrogens is 512 g/mol. The molecule has 3 aliphatic rings. The normalized spacial score (nSPS) is 19.4. The Balaban J connectivity index is 1.00. The third-order valence-corrected chi connectivity index (χ3v) is 8.62. The molecule has 1 aliphatic carbocycles. The Morgan fingerprint density at radius 3 is 2.78 bits per heavy atom. The van der Waals surface area contributed by atoms with Crippen molar-refractivity contribution in [1.82, 2.24) is 34.6 Å². The van der Waals surface area contributed by atoms with Crippen LogP contribution in [0.15, 0.2) is 40.4 Å². The van der Waals surface area contributed by atoms with E-state index < -0.39 is 0 Å². The number of nitrogens with zero attached hydrogens (tertiary/aromatic N) is 7. The van der Waals surface area contributed by atoms with Crippen LogP contribution >= 0.6 is 23.1 Å². The summed E-state index contributed by atoms with van der Waals surface area (Å²) < 4.78 is 13.7. The van der Waals surface area contributed by atoms with Gasteiger partial charge in [-0.05, 0) is 48.9 Å². The zero-order valence-electron chi connectivity index (χ0n) is 20.1. The molecule has 192 valence electrons. The van der Waals surface area contributed by atoms with Crippen molar-refractivity contribution in [2.75, 3.05) is 51.3 Å². The van der Waals surface area contributed by atoms with Gasteiger partial charge < -0.3 is 14.8 Å². The Kier molecular flexibility index (Phi) is 6.17.